The third-order valence-corrected chi connectivity index (χ3v) is 7.42. The average molecular weight is 487 g/mol. The van der Waals surface area contributed by atoms with Gasteiger partial charge >= 0.3 is 0 Å². The number of fused-ring (bicyclic) bond motifs is 2. The normalized spacial score (nSPS) is 18.1. The van der Waals surface area contributed by atoms with Gasteiger partial charge in [-0.1, -0.05) is 12.1 Å². The number of piperazine rings is 1. The summed E-state index contributed by atoms with van der Waals surface area (Å²) in [6, 6.07) is 8.64. The van der Waals surface area contributed by atoms with E-state index in [1.165, 1.54) is 16.7 Å². The second-order valence-electron chi connectivity index (χ2n) is 9.96. The number of rotatable bonds is 5. The number of benzene rings is 1. The molecular weight excluding hydrogens is 452 g/mol. The molecule has 0 atom stereocenters. The lowest BCUT2D eigenvalue weighted by Crippen LogP contribution is -2.43. The van der Waals surface area contributed by atoms with E-state index in [9.17, 15) is 0 Å². The summed E-state index contributed by atoms with van der Waals surface area (Å²) >= 11 is 0. The zero-order valence-corrected chi connectivity index (χ0v) is 21.1. The Hall–Kier alpha value is -3.43. The van der Waals surface area contributed by atoms with Crippen LogP contribution < -0.4 is 20.3 Å². The van der Waals surface area contributed by atoms with E-state index in [0.717, 1.165) is 81.5 Å². The molecule has 0 aliphatic carbocycles. The molecule has 2 aromatic heterocycles. The Morgan fingerprint density at radius 1 is 1.03 bits per heavy atom. The topological polar surface area (TPSA) is 81.7 Å². The van der Waals surface area contributed by atoms with Crippen molar-refractivity contribution in [2.45, 2.75) is 26.4 Å². The Morgan fingerprint density at radius 3 is 2.69 bits per heavy atom. The minimum Gasteiger partial charge on any atom is -0.474 e. The van der Waals surface area contributed by atoms with Crippen molar-refractivity contribution >= 4 is 23.0 Å². The van der Waals surface area contributed by atoms with E-state index >= 15 is 0 Å². The number of hydrogen-bond acceptors (Lipinski definition) is 9. The first kappa shape index (κ1) is 23.0. The standard InChI is InChI=1S/C27H34N8O/c1-19-24(16-29-26-25(19)28-8-14-36-26)35-9-7-21-15-30-27(32-23(21)18-35)31-22-5-3-20(4-6-22)17-34-12-10-33(2)11-13-34/h3-6,15-16,28H,7-14,17-18H2,1-2H3,(H,30,31,32). The number of ether oxygens (including phenoxy) is 1. The maximum absolute atomic E-state index is 5.70. The minimum atomic E-state index is 0.637. The minimum absolute atomic E-state index is 0.637. The predicted octanol–water partition coefficient (Wildman–Crippen LogP) is 3.04. The van der Waals surface area contributed by atoms with Crippen molar-refractivity contribution < 1.29 is 4.74 Å². The molecule has 188 valence electrons. The largest absolute Gasteiger partial charge is 0.474 e. The van der Waals surface area contributed by atoms with Crippen molar-refractivity contribution in [3.8, 4) is 5.88 Å². The second-order valence-corrected chi connectivity index (χ2v) is 9.96. The summed E-state index contributed by atoms with van der Waals surface area (Å²) in [5, 5.41) is 6.84. The molecule has 3 aromatic rings. The van der Waals surface area contributed by atoms with Crippen LogP contribution in [0.25, 0.3) is 0 Å². The molecule has 0 bridgehead atoms. The van der Waals surface area contributed by atoms with Gasteiger partial charge in [0.15, 0.2) is 0 Å². The van der Waals surface area contributed by atoms with E-state index < -0.39 is 0 Å². The lowest BCUT2D eigenvalue weighted by atomic mass is 10.0. The van der Waals surface area contributed by atoms with Crippen molar-refractivity contribution in [2.75, 3.05) is 68.5 Å². The van der Waals surface area contributed by atoms with Gasteiger partial charge in [-0.05, 0) is 43.7 Å². The van der Waals surface area contributed by atoms with Gasteiger partial charge in [0.2, 0.25) is 11.8 Å². The highest BCUT2D eigenvalue weighted by Gasteiger charge is 2.24. The van der Waals surface area contributed by atoms with Gasteiger partial charge in [0.25, 0.3) is 0 Å². The number of hydrogen-bond donors (Lipinski definition) is 2. The van der Waals surface area contributed by atoms with Crippen molar-refractivity contribution in [1.82, 2.24) is 24.8 Å². The number of pyridine rings is 1. The highest BCUT2D eigenvalue weighted by Crippen LogP contribution is 2.36. The zero-order valence-electron chi connectivity index (χ0n) is 21.1. The second kappa shape index (κ2) is 9.91. The number of nitrogens with zero attached hydrogens (tertiary/aromatic N) is 6. The van der Waals surface area contributed by atoms with Crippen LogP contribution in [0.5, 0.6) is 5.88 Å². The van der Waals surface area contributed by atoms with E-state index in [-0.39, 0.29) is 0 Å². The molecule has 0 amide bonds. The molecule has 0 spiro atoms. The van der Waals surface area contributed by atoms with Gasteiger partial charge in [-0.25, -0.2) is 15.0 Å². The third kappa shape index (κ3) is 4.81. The summed E-state index contributed by atoms with van der Waals surface area (Å²) in [6.07, 6.45) is 4.81. The predicted molar refractivity (Wildman–Crippen MR) is 142 cm³/mol. The first-order valence-electron chi connectivity index (χ1n) is 12.9. The van der Waals surface area contributed by atoms with Crippen molar-refractivity contribution in [2.24, 2.45) is 0 Å². The molecule has 0 radical (unpaired) electrons. The molecule has 6 rings (SSSR count). The monoisotopic (exact) mass is 486 g/mol. The molecule has 5 heterocycles. The van der Waals surface area contributed by atoms with E-state index in [0.29, 0.717) is 18.4 Å². The van der Waals surface area contributed by atoms with Crippen LogP contribution >= 0.6 is 0 Å². The fourth-order valence-corrected chi connectivity index (χ4v) is 5.19. The molecule has 1 saturated heterocycles. The average Bonchev–Trinajstić information content (AvgIpc) is 2.91. The SMILES string of the molecule is Cc1c(N2CCc3cnc(Nc4ccc(CN5CCN(C)CC5)cc4)nc3C2)cnc2c1NCCO2. The van der Waals surface area contributed by atoms with E-state index in [1.54, 1.807) is 0 Å². The summed E-state index contributed by atoms with van der Waals surface area (Å²) < 4.78 is 5.70. The summed E-state index contributed by atoms with van der Waals surface area (Å²) in [6.45, 7) is 10.8. The van der Waals surface area contributed by atoms with Crippen LogP contribution in [0, 0.1) is 6.92 Å². The maximum Gasteiger partial charge on any atom is 0.237 e. The van der Waals surface area contributed by atoms with Gasteiger partial charge in [0.1, 0.15) is 12.3 Å². The van der Waals surface area contributed by atoms with Crippen molar-refractivity contribution in [1.29, 1.82) is 0 Å². The Bertz CT molecular complexity index is 1220. The van der Waals surface area contributed by atoms with Gasteiger partial charge in [0.05, 0.1) is 24.1 Å². The molecule has 3 aliphatic heterocycles. The molecule has 0 unspecified atom stereocenters. The zero-order chi connectivity index (χ0) is 24.5. The van der Waals surface area contributed by atoms with Gasteiger partial charge in [-0.3, -0.25) is 4.90 Å². The fraction of sp³-hybridized carbons (Fsp3) is 0.444. The summed E-state index contributed by atoms with van der Waals surface area (Å²) in [5.41, 5.74) is 7.92. The van der Waals surface area contributed by atoms with Crippen LogP contribution in [0.1, 0.15) is 22.4 Å². The Morgan fingerprint density at radius 2 is 1.86 bits per heavy atom. The maximum atomic E-state index is 5.70. The Labute approximate surface area is 212 Å². The molecule has 1 aromatic carbocycles. The van der Waals surface area contributed by atoms with Crippen molar-refractivity contribution in [3.63, 3.8) is 0 Å². The molecule has 9 nitrogen and oxygen atoms in total. The van der Waals surface area contributed by atoms with E-state index in [1.807, 2.05) is 12.4 Å². The summed E-state index contributed by atoms with van der Waals surface area (Å²) in [7, 11) is 2.19. The van der Waals surface area contributed by atoms with Crippen LogP contribution in [0.4, 0.5) is 23.0 Å². The summed E-state index contributed by atoms with van der Waals surface area (Å²) in [5.74, 6) is 1.33. The smallest absolute Gasteiger partial charge is 0.237 e. The van der Waals surface area contributed by atoms with Gasteiger partial charge < -0.3 is 25.2 Å². The molecule has 36 heavy (non-hydrogen) atoms. The number of anilines is 4. The highest BCUT2D eigenvalue weighted by atomic mass is 16.5. The van der Waals surface area contributed by atoms with Crippen LogP contribution in [-0.4, -0.2) is 77.7 Å². The lowest BCUT2D eigenvalue weighted by Gasteiger charge is -2.32. The summed E-state index contributed by atoms with van der Waals surface area (Å²) in [4.78, 5) is 21.3. The molecule has 1 fully saturated rings. The number of nitrogens with one attached hydrogen (secondary N) is 2. The van der Waals surface area contributed by atoms with Crippen LogP contribution in [-0.2, 0) is 19.5 Å². The van der Waals surface area contributed by atoms with Crippen molar-refractivity contribution in [3.05, 3.63) is 59.0 Å². The molecule has 9 heteroatoms. The van der Waals surface area contributed by atoms with Gasteiger partial charge in [-0.2, -0.15) is 0 Å². The Balaban J connectivity index is 1.13. The first-order valence-corrected chi connectivity index (χ1v) is 12.9. The molecule has 0 saturated carbocycles. The number of aromatic nitrogens is 3. The highest BCUT2D eigenvalue weighted by molar-refractivity contribution is 5.70. The molecule has 3 aliphatic rings. The fourth-order valence-electron chi connectivity index (χ4n) is 5.19. The van der Waals surface area contributed by atoms with Crippen LogP contribution in [0.2, 0.25) is 0 Å². The van der Waals surface area contributed by atoms with Gasteiger partial charge in [0, 0.05) is 63.3 Å². The Kier molecular flexibility index (Phi) is 6.33. The third-order valence-electron chi connectivity index (χ3n) is 7.42. The molecule has 2 N–H and O–H groups in total. The lowest BCUT2D eigenvalue weighted by molar-refractivity contribution is 0.148. The van der Waals surface area contributed by atoms with E-state index in [4.69, 9.17) is 9.72 Å². The number of likely N-dealkylation sites (N-methyl/N-ethyl adjacent to an activating group) is 1. The first-order chi connectivity index (χ1) is 17.6. The molecular formula is C27H34N8O. The quantitative estimate of drug-likeness (QED) is 0.565. The van der Waals surface area contributed by atoms with Crippen LogP contribution in [0.15, 0.2) is 36.7 Å². The van der Waals surface area contributed by atoms with Gasteiger partial charge in [-0.15, -0.1) is 0 Å². The van der Waals surface area contributed by atoms with E-state index in [2.05, 4.69) is 73.5 Å². The van der Waals surface area contributed by atoms with Crippen LogP contribution in [0.3, 0.4) is 0 Å².